The van der Waals surface area contributed by atoms with E-state index < -0.39 is 6.10 Å². The van der Waals surface area contributed by atoms with Gasteiger partial charge < -0.3 is 15.8 Å². The monoisotopic (exact) mass is 260 g/mol. The number of nitrogens with zero attached hydrogens (tertiary/aromatic N) is 2. The molecule has 7 heteroatoms. The number of hydrogen-bond donors (Lipinski definition) is 2. The fourth-order valence-corrected chi connectivity index (χ4v) is 1.76. The number of carbonyl (C=O) groups is 1. The number of nitrogens with one attached hydrogen (secondary N) is 1. The summed E-state index contributed by atoms with van der Waals surface area (Å²) in [6, 6.07) is 1.74. The minimum atomic E-state index is -0.393. The maximum Gasteiger partial charge on any atom is 0.254 e. The van der Waals surface area contributed by atoms with Crippen LogP contribution < -0.4 is 11.1 Å². The molecule has 1 aromatic heterocycles. The molecule has 2 rings (SSSR count). The molecule has 0 radical (unpaired) electrons. The SMILES string of the molecule is Cl.Cn1ccc(NC(=O)[C@@H]2CC[C@H](CN)O2)n1. The maximum absolute atomic E-state index is 11.8. The predicted molar refractivity (Wildman–Crippen MR) is 66.0 cm³/mol. The van der Waals surface area contributed by atoms with Crippen molar-refractivity contribution in [1.82, 2.24) is 9.78 Å². The molecule has 1 aliphatic heterocycles. The Kier molecular flexibility index (Phi) is 4.92. The molecule has 2 atom stereocenters. The molecule has 0 aromatic carbocycles. The Hall–Kier alpha value is -1.11. The number of anilines is 1. The van der Waals surface area contributed by atoms with Crippen LogP contribution in [0.3, 0.4) is 0 Å². The molecule has 0 bridgehead atoms. The second kappa shape index (κ2) is 6.00. The zero-order valence-electron chi connectivity index (χ0n) is 9.63. The first-order valence-electron chi connectivity index (χ1n) is 5.35. The Morgan fingerprint density at radius 1 is 1.71 bits per heavy atom. The number of carbonyl (C=O) groups excluding carboxylic acids is 1. The molecule has 1 fully saturated rings. The lowest BCUT2D eigenvalue weighted by atomic mass is 10.2. The van der Waals surface area contributed by atoms with Crippen LogP contribution in [0.1, 0.15) is 12.8 Å². The molecule has 2 heterocycles. The van der Waals surface area contributed by atoms with Crippen LogP contribution in [0.4, 0.5) is 5.82 Å². The first kappa shape index (κ1) is 14.0. The summed E-state index contributed by atoms with van der Waals surface area (Å²) in [7, 11) is 1.80. The average molecular weight is 261 g/mol. The van der Waals surface area contributed by atoms with Gasteiger partial charge in [-0.2, -0.15) is 5.10 Å². The largest absolute Gasteiger partial charge is 0.364 e. The van der Waals surface area contributed by atoms with E-state index in [-0.39, 0.29) is 24.4 Å². The third-order valence-electron chi connectivity index (χ3n) is 2.63. The first-order valence-corrected chi connectivity index (χ1v) is 5.35. The van der Waals surface area contributed by atoms with Crippen molar-refractivity contribution in [3.63, 3.8) is 0 Å². The Balaban J connectivity index is 0.00000144. The molecular formula is C10H17ClN4O2. The molecule has 6 nitrogen and oxygen atoms in total. The van der Waals surface area contributed by atoms with Gasteiger partial charge in [-0.25, -0.2) is 0 Å². The maximum atomic E-state index is 11.8. The normalized spacial score (nSPS) is 23.2. The highest BCUT2D eigenvalue weighted by Crippen LogP contribution is 2.19. The number of amides is 1. The Labute approximate surface area is 106 Å². The van der Waals surface area contributed by atoms with E-state index in [9.17, 15) is 4.79 Å². The first-order chi connectivity index (χ1) is 7.69. The summed E-state index contributed by atoms with van der Waals surface area (Å²) in [6.07, 6.45) is 2.96. The molecule has 0 saturated carbocycles. The highest BCUT2D eigenvalue weighted by molar-refractivity contribution is 5.93. The van der Waals surface area contributed by atoms with E-state index in [1.54, 1.807) is 24.0 Å². The number of rotatable bonds is 3. The molecule has 0 unspecified atom stereocenters. The van der Waals surface area contributed by atoms with Gasteiger partial charge in [0.15, 0.2) is 5.82 Å². The Bertz CT molecular complexity index is 382. The van der Waals surface area contributed by atoms with Gasteiger partial charge in [0.2, 0.25) is 0 Å². The van der Waals surface area contributed by atoms with Gasteiger partial charge in [0.1, 0.15) is 6.10 Å². The molecule has 0 spiro atoms. The highest BCUT2D eigenvalue weighted by Gasteiger charge is 2.30. The van der Waals surface area contributed by atoms with E-state index in [4.69, 9.17) is 10.5 Å². The van der Waals surface area contributed by atoms with Crippen LogP contribution in [0.5, 0.6) is 0 Å². The fraction of sp³-hybridized carbons (Fsp3) is 0.600. The van der Waals surface area contributed by atoms with E-state index in [0.717, 1.165) is 12.8 Å². The minimum absolute atomic E-state index is 0. The smallest absolute Gasteiger partial charge is 0.254 e. The van der Waals surface area contributed by atoms with Crippen molar-refractivity contribution in [3.05, 3.63) is 12.3 Å². The topological polar surface area (TPSA) is 82.2 Å². The molecule has 0 aliphatic carbocycles. The van der Waals surface area contributed by atoms with Gasteiger partial charge in [-0.3, -0.25) is 9.48 Å². The molecule has 17 heavy (non-hydrogen) atoms. The van der Waals surface area contributed by atoms with Crippen molar-refractivity contribution in [1.29, 1.82) is 0 Å². The number of aryl methyl sites for hydroxylation is 1. The van der Waals surface area contributed by atoms with Crippen LogP contribution in [0.2, 0.25) is 0 Å². The standard InChI is InChI=1S/C10H16N4O2.ClH/c1-14-5-4-9(13-14)12-10(15)8-3-2-7(6-11)16-8;/h4-5,7-8H,2-3,6,11H2,1H3,(H,12,13,15);1H/t7-,8+;/m1./s1. The summed E-state index contributed by atoms with van der Waals surface area (Å²) in [6.45, 7) is 0.466. The molecule has 1 aromatic rings. The lowest BCUT2D eigenvalue weighted by Gasteiger charge is -2.11. The van der Waals surface area contributed by atoms with Crippen LogP contribution >= 0.6 is 12.4 Å². The van der Waals surface area contributed by atoms with E-state index >= 15 is 0 Å². The highest BCUT2D eigenvalue weighted by atomic mass is 35.5. The minimum Gasteiger partial charge on any atom is -0.364 e. The Morgan fingerprint density at radius 3 is 3.00 bits per heavy atom. The zero-order valence-corrected chi connectivity index (χ0v) is 10.4. The second-order valence-corrected chi connectivity index (χ2v) is 3.92. The zero-order chi connectivity index (χ0) is 11.5. The second-order valence-electron chi connectivity index (χ2n) is 3.92. The summed E-state index contributed by atoms with van der Waals surface area (Å²) in [5.74, 6) is 0.405. The van der Waals surface area contributed by atoms with Crippen LogP contribution in [-0.2, 0) is 16.6 Å². The summed E-state index contributed by atoms with van der Waals surface area (Å²) in [5.41, 5.74) is 5.48. The van der Waals surface area contributed by atoms with Gasteiger partial charge in [-0.1, -0.05) is 0 Å². The van der Waals surface area contributed by atoms with Crippen molar-refractivity contribution >= 4 is 24.1 Å². The van der Waals surface area contributed by atoms with Gasteiger partial charge >= 0.3 is 0 Å². The van der Waals surface area contributed by atoms with E-state index in [0.29, 0.717) is 12.4 Å². The third kappa shape index (κ3) is 3.42. The molecule has 1 amide bonds. The van der Waals surface area contributed by atoms with Crippen molar-refractivity contribution in [2.75, 3.05) is 11.9 Å². The number of nitrogens with two attached hydrogens (primary N) is 1. The van der Waals surface area contributed by atoms with Gasteiger partial charge in [-0.15, -0.1) is 12.4 Å². The molecular weight excluding hydrogens is 244 g/mol. The lowest BCUT2D eigenvalue weighted by molar-refractivity contribution is -0.126. The van der Waals surface area contributed by atoms with Crippen LogP contribution in [0.25, 0.3) is 0 Å². The Morgan fingerprint density at radius 2 is 2.47 bits per heavy atom. The van der Waals surface area contributed by atoms with Gasteiger partial charge in [-0.05, 0) is 12.8 Å². The number of hydrogen-bond acceptors (Lipinski definition) is 4. The molecule has 1 saturated heterocycles. The average Bonchev–Trinajstić information content (AvgIpc) is 2.87. The van der Waals surface area contributed by atoms with Crippen LogP contribution in [-0.4, -0.2) is 34.4 Å². The van der Waals surface area contributed by atoms with Crippen molar-refractivity contribution in [3.8, 4) is 0 Å². The van der Waals surface area contributed by atoms with Gasteiger partial charge in [0, 0.05) is 25.9 Å². The molecule has 96 valence electrons. The van der Waals surface area contributed by atoms with E-state index in [1.165, 1.54) is 0 Å². The summed E-state index contributed by atoms with van der Waals surface area (Å²) < 4.78 is 7.11. The fourth-order valence-electron chi connectivity index (χ4n) is 1.76. The van der Waals surface area contributed by atoms with Crippen molar-refractivity contribution < 1.29 is 9.53 Å². The molecule has 3 N–H and O–H groups in total. The number of halogens is 1. The van der Waals surface area contributed by atoms with E-state index in [1.807, 2.05) is 0 Å². The number of aromatic nitrogens is 2. The third-order valence-corrected chi connectivity index (χ3v) is 2.63. The lowest BCUT2D eigenvalue weighted by Crippen LogP contribution is -2.29. The summed E-state index contributed by atoms with van der Waals surface area (Å²) in [4.78, 5) is 11.8. The van der Waals surface area contributed by atoms with Gasteiger partial charge in [0.05, 0.1) is 6.10 Å². The summed E-state index contributed by atoms with van der Waals surface area (Å²) >= 11 is 0. The predicted octanol–water partition coefficient (Wildman–Crippen LogP) is 0.287. The quantitative estimate of drug-likeness (QED) is 0.818. The molecule has 1 aliphatic rings. The van der Waals surface area contributed by atoms with Crippen molar-refractivity contribution in [2.45, 2.75) is 25.0 Å². The van der Waals surface area contributed by atoms with Crippen LogP contribution in [0, 0.1) is 0 Å². The summed E-state index contributed by atoms with van der Waals surface area (Å²) in [5, 5.41) is 6.78. The van der Waals surface area contributed by atoms with Crippen molar-refractivity contribution in [2.24, 2.45) is 12.8 Å². The van der Waals surface area contributed by atoms with Crippen LogP contribution in [0.15, 0.2) is 12.3 Å². The van der Waals surface area contributed by atoms with Gasteiger partial charge in [0.25, 0.3) is 5.91 Å². The van der Waals surface area contributed by atoms with E-state index in [2.05, 4.69) is 10.4 Å². The number of ether oxygens (including phenoxy) is 1.